The zero-order valence-corrected chi connectivity index (χ0v) is 25.6. The lowest BCUT2D eigenvalue weighted by atomic mass is 9.82. The molecule has 0 saturated carbocycles. The number of amides is 1. The third kappa shape index (κ3) is 8.47. The zero-order chi connectivity index (χ0) is 29.9. The minimum atomic E-state index is -0.892. The first-order valence-corrected chi connectivity index (χ1v) is 14.9. The van der Waals surface area contributed by atoms with Gasteiger partial charge in [0.05, 0.1) is 36.8 Å². The van der Waals surface area contributed by atoms with E-state index in [4.69, 9.17) is 9.47 Å². The Kier molecular flexibility index (Phi) is 12.0. The van der Waals surface area contributed by atoms with Crippen LogP contribution in [0.2, 0.25) is 0 Å². The fourth-order valence-corrected chi connectivity index (χ4v) is 6.20. The number of aliphatic carboxylic acids is 1. The van der Waals surface area contributed by atoms with Crippen molar-refractivity contribution in [3.8, 4) is 17.6 Å². The molecule has 1 saturated heterocycles. The number of carboxylic acids is 1. The first-order chi connectivity index (χ1) is 19.7. The molecule has 1 aromatic heterocycles. The van der Waals surface area contributed by atoms with E-state index in [9.17, 15) is 20.0 Å². The van der Waals surface area contributed by atoms with Crippen molar-refractivity contribution in [2.45, 2.75) is 33.1 Å². The van der Waals surface area contributed by atoms with Gasteiger partial charge in [0.2, 0.25) is 5.91 Å². The summed E-state index contributed by atoms with van der Waals surface area (Å²) in [5, 5.41) is 20.9. The molecule has 0 aliphatic carbocycles. The Bertz CT molecular complexity index is 1240. The highest BCUT2D eigenvalue weighted by Gasteiger charge is 2.34. The van der Waals surface area contributed by atoms with E-state index >= 15 is 0 Å². The Morgan fingerprint density at radius 2 is 1.80 bits per heavy atom. The molecule has 0 radical (unpaired) electrons. The number of likely N-dealkylation sites (N-methyl/N-ethyl adjacent to an activating group) is 2. The van der Waals surface area contributed by atoms with Gasteiger partial charge in [0.25, 0.3) is 0 Å². The molecule has 1 amide bonds. The number of ether oxygens (including phenoxy) is 2. The molecule has 1 fully saturated rings. The van der Waals surface area contributed by atoms with Crippen LogP contribution in [0.4, 0.5) is 5.00 Å². The highest BCUT2D eigenvalue weighted by molar-refractivity contribution is 7.17. The zero-order valence-electron chi connectivity index (χ0n) is 24.8. The van der Waals surface area contributed by atoms with Crippen molar-refractivity contribution in [2.24, 2.45) is 11.8 Å². The summed E-state index contributed by atoms with van der Waals surface area (Å²) in [4.78, 5) is 32.1. The van der Waals surface area contributed by atoms with Crippen LogP contribution in [-0.2, 0) is 9.59 Å². The first kappa shape index (κ1) is 32.0. The third-order valence-corrected chi connectivity index (χ3v) is 9.01. The van der Waals surface area contributed by atoms with Gasteiger partial charge >= 0.3 is 5.97 Å². The van der Waals surface area contributed by atoms with Crippen LogP contribution < -0.4 is 14.4 Å². The number of thiophene rings is 1. The molecular formula is C31H42N4O5S. The standard InChI is InChI=1S/C31H42N4O5S/c1-6-34(7-2)17-16-33(3)29(36)20-26(31(37)38)22-12-14-35(15-13-22)30-11-9-25(41-30)18-24(21-32)23-8-10-27(39-4)28(19-23)40-5/h8-11,18-19,22,26H,6-7,12-17,20H2,1-5H3,(H,37,38). The van der Waals surface area contributed by atoms with Gasteiger partial charge in [-0.2, -0.15) is 5.26 Å². The van der Waals surface area contributed by atoms with Crippen molar-refractivity contribution in [2.75, 3.05) is 65.4 Å². The number of hydrogen-bond acceptors (Lipinski definition) is 8. The lowest BCUT2D eigenvalue weighted by Gasteiger charge is -2.35. The number of nitrogens with zero attached hydrogens (tertiary/aromatic N) is 4. The third-order valence-electron chi connectivity index (χ3n) is 7.92. The molecule has 222 valence electrons. The Morgan fingerprint density at radius 3 is 2.39 bits per heavy atom. The average Bonchev–Trinajstić information content (AvgIpc) is 3.47. The van der Waals surface area contributed by atoms with Crippen molar-refractivity contribution in [3.63, 3.8) is 0 Å². The van der Waals surface area contributed by atoms with E-state index in [1.165, 1.54) is 0 Å². The van der Waals surface area contributed by atoms with E-state index in [0.29, 0.717) is 36.5 Å². The second kappa shape index (κ2) is 15.5. The van der Waals surface area contributed by atoms with Crippen molar-refractivity contribution in [3.05, 3.63) is 40.8 Å². The van der Waals surface area contributed by atoms with Crippen LogP contribution in [0, 0.1) is 23.2 Å². The van der Waals surface area contributed by atoms with Crippen molar-refractivity contribution in [1.82, 2.24) is 9.80 Å². The number of methoxy groups -OCH3 is 2. The van der Waals surface area contributed by atoms with Gasteiger partial charge in [-0.05, 0) is 73.8 Å². The Balaban J connectivity index is 1.61. The normalized spacial score (nSPS) is 15.0. The van der Waals surface area contributed by atoms with Crippen LogP contribution in [0.25, 0.3) is 11.6 Å². The topological polar surface area (TPSA) is 106 Å². The van der Waals surface area contributed by atoms with E-state index in [1.807, 2.05) is 24.3 Å². The maximum atomic E-state index is 12.9. The molecule has 0 spiro atoms. The highest BCUT2D eigenvalue weighted by Crippen LogP contribution is 2.36. The maximum absolute atomic E-state index is 12.9. The van der Waals surface area contributed by atoms with Crippen LogP contribution in [-0.4, -0.2) is 87.3 Å². The molecule has 1 unspecified atom stereocenters. The number of hydrogen-bond donors (Lipinski definition) is 1. The highest BCUT2D eigenvalue weighted by atomic mass is 32.1. The van der Waals surface area contributed by atoms with Gasteiger partial charge < -0.3 is 29.3 Å². The van der Waals surface area contributed by atoms with Gasteiger partial charge in [-0.25, -0.2) is 0 Å². The second-order valence-electron chi connectivity index (χ2n) is 10.2. The number of carbonyl (C=O) groups excluding carboxylic acids is 1. The minimum Gasteiger partial charge on any atom is -0.493 e. The van der Waals surface area contributed by atoms with Crippen LogP contribution >= 0.6 is 11.3 Å². The molecule has 1 atom stereocenters. The average molecular weight is 583 g/mol. The van der Waals surface area contributed by atoms with E-state index in [-0.39, 0.29) is 18.2 Å². The number of carbonyl (C=O) groups is 2. The first-order valence-electron chi connectivity index (χ1n) is 14.1. The van der Waals surface area contributed by atoms with Crippen LogP contribution in [0.15, 0.2) is 30.3 Å². The number of carboxylic acid groups (broad SMARTS) is 1. The number of nitriles is 1. The van der Waals surface area contributed by atoms with Gasteiger partial charge in [0, 0.05) is 44.5 Å². The van der Waals surface area contributed by atoms with Crippen LogP contribution in [0.3, 0.4) is 0 Å². The predicted octanol–water partition coefficient (Wildman–Crippen LogP) is 4.94. The number of allylic oxidation sites excluding steroid dienone is 1. The molecule has 1 aliphatic heterocycles. The van der Waals surface area contributed by atoms with Gasteiger partial charge in [-0.3, -0.25) is 9.59 Å². The second-order valence-corrected chi connectivity index (χ2v) is 11.3. The van der Waals surface area contributed by atoms with Gasteiger partial charge in [0.1, 0.15) is 0 Å². The monoisotopic (exact) mass is 582 g/mol. The summed E-state index contributed by atoms with van der Waals surface area (Å²) in [5.74, 6) is -0.553. The van der Waals surface area contributed by atoms with Crippen LogP contribution in [0.1, 0.15) is 43.6 Å². The lowest BCUT2D eigenvalue weighted by molar-refractivity contribution is -0.148. The predicted molar refractivity (Wildman–Crippen MR) is 163 cm³/mol. The molecule has 9 nitrogen and oxygen atoms in total. The number of rotatable bonds is 14. The van der Waals surface area contributed by atoms with E-state index < -0.39 is 11.9 Å². The summed E-state index contributed by atoms with van der Waals surface area (Å²) in [6.07, 6.45) is 3.33. The lowest BCUT2D eigenvalue weighted by Crippen LogP contribution is -2.41. The molecule has 3 rings (SSSR count). The van der Waals surface area contributed by atoms with Gasteiger partial charge in [-0.1, -0.05) is 13.8 Å². The summed E-state index contributed by atoms with van der Waals surface area (Å²) >= 11 is 1.60. The fourth-order valence-electron chi connectivity index (χ4n) is 5.19. The summed E-state index contributed by atoms with van der Waals surface area (Å²) < 4.78 is 10.7. The largest absolute Gasteiger partial charge is 0.493 e. The Hall–Kier alpha value is -3.55. The SMILES string of the molecule is CCN(CC)CCN(C)C(=O)CC(C(=O)O)C1CCN(c2ccc(C=C(C#N)c3ccc(OC)c(OC)c3)s2)CC1. The summed E-state index contributed by atoms with van der Waals surface area (Å²) in [7, 11) is 4.90. The molecule has 2 aromatic rings. The molecular weight excluding hydrogens is 540 g/mol. The van der Waals surface area contributed by atoms with Gasteiger partial charge in [0.15, 0.2) is 11.5 Å². The molecule has 1 aromatic carbocycles. The molecule has 0 bridgehead atoms. The Labute approximate surface area is 247 Å². The summed E-state index contributed by atoms with van der Waals surface area (Å²) in [6, 6.07) is 11.7. The number of piperidine rings is 1. The maximum Gasteiger partial charge on any atom is 0.307 e. The Morgan fingerprint density at radius 1 is 1.12 bits per heavy atom. The summed E-state index contributed by atoms with van der Waals surface area (Å²) in [6.45, 7) is 8.87. The molecule has 2 heterocycles. The minimum absolute atomic E-state index is 0.0375. The van der Waals surface area contributed by atoms with Crippen molar-refractivity contribution in [1.29, 1.82) is 5.26 Å². The molecule has 41 heavy (non-hydrogen) atoms. The molecule has 1 aliphatic rings. The smallest absolute Gasteiger partial charge is 0.307 e. The fraction of sp³-hybridized carbons (Fsp3) is 0.516. The van der Waals surface area contributed by atoms with Crippen molar-refractivity contribution >= 4 is 39.9 Å². The van der Waals surface area contributed by atoms with E-state index in [1.54, 1.807) is 49.6 Å². The van der Waals surface area contributed by atoms with Crippen LogP contribution in [0.5, 0.6) is 11.5 Å². The quantitative estimate of drug-likeness (QED) is 0.313. The molecule has 10 heteroatoms. The number of benzene rings is 1. The molecule has 1 N–H and O–H groups in total. The van der Waals surface area contributed by atoms with E-state index in [0.717, 1.165) is 48.2 Å². The summed E-state index contributed by atoms with van der Waals surface area (Å²) in [5.41, 5.74) is 1.27. The van der Waals surface area contributed by atoms with E-state index in [2.05, 4.69) is 29.7 Å². The van der Waals surface area contributed by atoms with Crippen molar-refractivity contribution < 1.29 is 24.2 Å². The number of anilines is 1. The van der Waals surface area contributed by atoms with Gasteiger partial charge in [-0.15, -0.1) is 11.3 Å².